The van der Waals surface area contributed by atoms with Gasteiger partial charge >= 0.3 is 0 Å². The predicted octanol–water partition coefficient (Wildman–Crippen LogP) is 2.67. The lowest BCUT2D eigenvalue weighted by Gasteiger charge is -2.32. The van der Waals surface area contributed by atoms with Gasteiger partial charge in [-0.15, -0.1) is 0 Å². The standard InChI is InChI=1S/C17H15F3N2O2/c18-12-5-1-3-10(14(12)19)9-22-16(24)17(20)7-6-13(23)15-11(17)4-2-8-21-15/h1-5,8,13,23H,6-7,9H2,(H,22,24). The molecule has 0 radical (unpaired) electrons. The summed E-state index contributed by atoms with van der Waals surface area (Å²) < 4.78 is 42.1. The van der Waals surface area contributed by atoms with E-state index in [1.807, 2.05) is 0 Å². The van der Waals surface area contributed by atoms with E-state index in [0.29, 0.717) is 0 Å². The predicted molar refractivity (Wildman–Crippen MR) is 79.4 cm³/mol. The van der Waals surface area contributed by atoms with E-state index in [-0.39, 0.29) is 36.2 Å². The Morgan fingerprint density at radius 2 is 2.12 bits per heavy atom. The molecule has 1 aromatic heterocycles. The average Bonchev–Trinajstić information content (AvgIpc) is 2.59. The summed E-state index contributed by atoms with van der Waals surface area (Å²) >= 11 is 0. The van der Waals surface area contributed by atoms with Gasteiger partial charge in [-0.3, -0.25) is 9.78 Å². The molecule has 1 aromatic carbocycles. The molecule has 1 amide bonds. The lowest BCUT2D eigenvalue weighted by Crippen LogP contribution is -2.44. The number of hydrogen-bond donors (Lipinski definition) is 2. The number of hydrogen-bond acceptors (Lipinski definition) is 3. The molecule has 2 N–H and O–H groups in total. The van der Waals surface area contributed by atoms with Gasteiger partial charge in [0.25, 0.3) is 5.91 Å². The quantitative estimate of drug-likeness (QED) is 0.906. The SMILES string of the molecule is O=C(NCc1cccc(F)c1F)C1(F)CCC(O)c2ncccc21. The molecule has 2 unspecified atom stereocenters. The Morgan fingerprint density at radius 3 is 2.92 bits per heavy atom. The lowest BCUT2D eigenvalue weighted by atomic mass is 9.81. The minimum atomic E-state index is -2.37. The number of alkyl halides is 1. The van der Waals surface area contributed by atoms with E-state index in [2.05, 4.69) is 10.3 Å². The number of carbonyl (C=O) groups is 1. The number of nitrogens with zero attached hydrogens (tertiary/aromatic N) is 1. The Balaban J connectivity index is 1.82. The number of aromatic nitrogens is 1. The Labute approximate surface area is 136 Å². The molecule has 1 heterocycles. The van der Waals surface area contributed by atoms with Gasteiger partial charge in [0.2, 0.25) is 5.67 Å². The number of aliphatic hydroxyl groups excluding tert-OH is 1. The molecule has 0 saturated heterocycles. The van der Waals surface area contributed by atoms with Gasteiger partial charge in [-0.1, -0.05) is 18.2 Å². The Morgan fingerprint density at radius 1 is 1.33 bits per heavy atom. The lowest BCUT2D eigenvalue weighted by molar-refractivity contribution is -0.135. The fourth-order valence-electron chi connectivity index (χ4n) is 2.86. The second kappa shape index (κ2) is 6.24. The number of halogens is 3. The van der Waals surface area contributed by atoms with Crippen molar-refractivity contribution in [3.8, 4) is 0 Å². The van der Waals surface area contributed by atoms with E-state index in [9.17, 15) is 18.7 Å². The van der Waals surface area contributed by atoms with Crippen molar-refractivity contribution in [1.29, 1.82) is 0 Å². The Hall–Kier alpha value is -2.41. The fraction of sp³-hybridized carbons (Fsp3) is 0.294. The number of rotatable bonds is 3. The van der Waals surface area contributed by atoms with Crippen molar-refractivity contribution in [3.63, 3.8) is 0 Å². The normalized spacial score (nSPS) is 22.8. The zero-order valence-electron chi connectivity index (χ0n) is 12.6. The highest BCUT2D eigenvalue weighted by Crippen LogP contribution is 2.42. The van der Waals surface area contributed by atoms with Crippen LogP contribution in [0.25, 0.3) is 0 Å². The van der Waals surface area contributed by atoms with Crippen molar-refractivity contribution in [2.45, 2.75) is 31.2 Å². The zero-order chi connectivity index (χ0) is 17.3. The smallest absolute Gasteiger partial charge is 0.262 e. The third-order valence-electron chi connectivity index (χ3n) is 4.17. The van der Waals surface area contributed by atoms with Gasteiger partial charge in [-0.05, 0) is 25.0 Å². The molecular formula is C17H15F3N2O2. The topological polar surface area (TPSA) is 62.2 Å². The van der Waals surface area contributed by atoms with E-state index < -0.39 is 29.3 Å². The van der Waals surface area contributed by atoms with Gasteiger partial charge in [0.05, 0.1) is 11.8 Å². The van der Waals surface area contributed by atoms with Crippen molar-refractivity contribution in [2.24, 2.45) is 0 Å². The van der Waals surface area contributed by atoms with E-state index in [0.717, 1.165) is 6.07 Å². The molecule has 4 nitrogen and oxygen atoms in total. The summed E-state index contributed by atoms with van der Waals surface area (Å²) in [5.41, 5.74) is -2.32. The van der Waals surface area contributed by atoms with Crippen LogP contribution in [0.5, 0.6) is 0 Å². The second-order valence-corrected chi connectivity index (χ2v) is 5.69. The van der Waals surface area contributed by atoms with Crippen molar-refractivity contribution >= 4 is 5.91 Å². The number of amides is 1. The van der Waals surface area contributed by atoms with Crippen LogP contribution in [-0.4, -0.2) is 16.0 Å². The van der Waals surface area contributed by atoms with Gasteiger partial charge < -0.3 is 10.4 Å². The molecule has 24 heavy (non-hydrogen) atoms. The van der Waals surface area contributed by atoms with Crippen molar-refractivity contribution in [3.05, 3.63) is 65.0 Å². The Kier molecular flexibility index (Phi) is 4.28. The molecule has 0 aliphatic heterocycles. The number of benzene rings is 1. The molecule has 2 aromatic rings. The highest BCUT2D eigenvalue weighted by Gasteiger charge is 2.46. The van der Waals surface area contributed by atoms with Crippen LogP contribution < -0.4 is 5.32 Å². The molecular weight excluding hydrogens is 321 g/mol. The van der Waals surface area contributed by atoms with E-state index in [1.54, 1.807) is 0 Å². The van der Waals surface area contributed by atoms with E-state index in [1.165, 1.54) is 30.5 Å². The Bertz CT molecular complexity index is 784. The number of fused-ring (bicyclic) bond motifs is 1. The summed E-state index contributed by atoms with van der Waals surface area (Å²) in [4.78, 5) is 16.3. The molecule has 126 valence electrons. The fourth-order valence-corrected chi connectivity index (χ4v) is 2.86. The van der Waals surface area contributed by atoms with Crippen LogP contribution in [0.1, 0.15) is 35.8 Å². The second-order valence-electron chi connectivity index (χ2n) is 5.69. The first-order chi connectivity index (χ1) is 11.4. The minimum absolute atomic E-state index is 0.000893. The monoisotopic (exact) mass is 336 g/mol. The first-order valence-corrected chi connectivity index (χ1v) is 7.47. The zero-order valence-corrected chi connectivity index (χ0v) is 12.6. The summed E-state index contributed by atoms with van der Waals surface area (Å²) in [5.74, 6) is -3.08. The molecule has 1 aliphatic rings. The summed E-state index contributed by atoms with van der Waals surface area (Å²) in [5, 5.41) is 12.2. The van der Waals surface area contributed by atoms with E-state index >= 15 is 4.39 Å². The van der Waals surface area contributed by atoms with Crippen LogP contribution in [0.15, 0.2) is 36.5 Å². The number of pyridine rings is 1. The van der Waals surface area contributed by atoms with Crippen LogP contribution in [0.4, 0.5) is 13.2 Å². The third-order valence-corrected chi connectivity index (χ3v) is 4.17. The first-order valence-electron chi connectivity index (χ1n) is 7.47. The molecule has 7 heteroatoms. The van der Waals surface area contributed by atoms with Gasteiger partial charge in [0.1, 0.15) is 0 Å². The summed E-state index contributed by atoms with van der Waals surface area (Å²) in [6.45, 7) is -0.341. The van der Waals surface area contributed by atoms with Crippen molar-refractivity contribution in [1.82, 2.24) is 10.3 Å². The third kappa shape index (κ3) is 2.75. The highest BCUT2D eigenvalue weighted by atomic mass is 19.2. The van der Waals surface area contributed by atoms with Crippen LogP contribution >= 0.6 is 0 Å². The van der Waals surface area contributed by atoms with Crippen LogP contribution in [0.3, 0.4) is 0 Å². The molecule has 1 aliphatic carbocycles. The molecule has 0 spiro atoms. The van der Waals surface area contributed by atoms with Gasteiger partial charge in [0.15, 0.2) is 11.6 Å². The summed E-state index contributed by atoms with van der Waals surface area (Å²) in [7, 11) is 0. The van der Waals surface area contributed by atoms with Crippen molar-refractivity contribution in [2.75, 3.05) is 0 Å². The van der Waals surface area contributed by atoms with Crippen LogP contribution in [0, 0.1) is 11.6 Å². The molecule has 2 atom stereocenters. The maximum Gasteiger partial charge on any atom is 0.262 e. The molecule has 0 bridgehead atoms. The summed E-state index contributed by atoms with van der Waals surface area (Å²) in [6, 6.07) is 6.45. The molecule has 3 rings (SSSR count). The first kappa shape index (κ1) is 16.4. The number of carbonyl (C=O) groups excluding carboxylic acids is 1. The highest BCUT2D eigenvalue weighted by molar-refractivity contribution is 5.87. The molecule has 0 fully saturated rings. The maximum atomic E-state index is 15.3. The van der Waals surface area contributed by atoms with Gasteiger partial charge in [-0.2, -0.15) is 0 Å². The maximum absolute atomic E-state index is 15.3. The summed E-state index contributed by atoms with van der Waals surface area (Å²) in [6.07, 6.45) is 0.305. The molecule has 0 saturated carbocycles. The van der Waals surface area contributed by atoms with Gasteiger partial charge in [-0.25, -0.2) is 13.2 Å². The van der Waals surface area contributed by atoms with Crippen LogP contribution in [-0.2, 0) is 17.0 Å². The number of aliphatic hydroxyl groups is 1. The van der Waals surface area contributed by atoms with Gasteiger partial charge in [0, 0.05) is 23.9 Å². The van der Waals surface area contributed by atoms with E-state index in [4.69, 9.17) is 0 Å². The number of nitrogens with one attached hydrogen (secondary N) is 1. The van der Waals surface area contributed by atoms with Crippen molar-refractivity contribution < 1.29 is 23.1 Å². The average molecular weight is 336 g/mol. The van der Waals surface area contributed by atoms with Crippen LogP contribution in [0.2, 0.25) is 0 Å². The largest absolute Gasteiger partial charge is 0.387 e. The minimum Gasteiger partial charge on any atom is -0.387 e.